The third-order valence-electron chi connectivity index (χ3n) is 4.25. The Labute approximate surface area is 147 Å². The quantitative estimate of drug-likeness (QED) is 0.910. The van der Waals surface area contributed by atoms with Crippen molar-refractivity contribution in [2.45, 2.75) is 25.5 Å². The molecule has 1 N–H and O–H groups in total. The summed E-state index contributed by atoms with van der Waals surface area (Å²) in [6.07, 6.45) is 0.487. The number of amides is 2. The molecule has 3 rings (SSSR count). The molecule has 2 aromatic rings. The summed E-state index contributed by atoms with van der Waals surface area (Å²) in [7, 11) is 0. The lowest BCUT2D eigenvalue weighted by molar-refractivity contribution is -0.139. The van der Waals surface area contributed by atoms with Crippen LogP contribution in [-0.4, -0.2) is 30.0 Å². The fourth-order valence-corrected chi connectivity index (χ4v) is 2.91. The summed E-state index contributed by atoms with van der Waals surface area (Å²) in [6, 6.07) is 18.7. The minimum atomic E-state index is -0.907. The second-order valence-corrected chi connectivity index (χ2v) is 6.07. The standard InChI is InChI=1S/C20H22N2O3/c23-19(22-13-7-8-14-22)18(17-11-5-2-6-12-17)25-20(24)21-15-16-9-3-1-4-10-16/h1-6,9-12,18H,7-8,13-15H2,(H,21,24)/t18-/m0/s1. The van der Waals surface area contributed by atoms with Crippen LogP contribution < -0.4 is 5.32 Å². The fraction of sp³-hybridized carbons (Fsp3) is 0.300. The maximum Gasteiger partial charge on any atom is 0.408 e. The molecular formula is C20H22N2O3. The lowest BCUT2D eigenvalue weighted by Gasteiger charge is -2.23. The second kappa shape index (κ2) is 8.33. The van der Waals surface area contributed by atoms with E-state index in [1.807, 2.05) is 60.7 Å². The molecule has 2 amide bonds. The first-order valence-electron chi connectivity index (χ1n) is 8.56. The lowest BCUT2D eigenvalue weighted by atomic mass is 10.1. The summed E-state index contributed by atoms with van der Waals surface area (Å²) >= 11 is 0. The van der Waals surface area contributed by atoms with Crippen molar-refractivity contribution in [1.82, 2.24) is 10.2 Å². The molecule has 0 spiro atoms. The van der Waals surface area contributed by atoms with Gasteiger partial charge in [0.25, 0.3) is 5.91 Å². The van der Waals surface area contributed by atoms with Crippen molar-refractivity contribution in [2.75, 3.05) is 13.1 Å². The highest BCUT2D eigenvalue weighted by Crippen LogP contribution is 2.22. The number of alkyl carbamates (subject to hydrolysis) is 1. The number of carbonyl (C=O) groups excluding carboxylic acids is 2. The fourth-order valence-electron chi connectivity index (χ4n) is 2.91. The number of nitrogens with one attached hydrogen (secondary N) is 1. The maximum atomic E-state index is 12.8. The number of benzene rings is 2. The van der Waals surface area contributed by atoms with E-state index in [2.05, 4.69) is 5.32 Å². The van der Waals surface area contributed by atoms with Crippen LogP contribution >= 0.6 is 0 Å². The first-order valence-corrected chi connectivity index (χ1v) is 8.56. The monoisotopic (exact) mass is 338 g/mol. The van der Waals surface area contributed by atoms with E-state index >= 15 is 0 Å². The molecule has 1 aliphatic rings. The Hall–Kier alpha value is -2.82. The summed E-state index contributed by atoms with van der Waals surface area (Å²) in [5.41, 5.74) is 1.66. The Bertz CT molecular complexity index is 697. The zero-order chi connectivity index (χ0) is 17.5. The molecule has 5 heteroatoms. The van der Waals surface area contributed by atoms with Gasteiger partial charge in [0.1, 0.15) is 0 Å². The second-order valence-electron chi connectivity index (χ2n) is 6.07. The minimum absolute atomic E-state index is 0.154. The van der Waals surface area contributed by atoms with Gasteiger partial charge in [0, 0.05) is 25.2 Å². The molecule has 1 aliphatic heterocycles. The Morgan fingerprint density at radius 3 is 2.20 bits per heavy atom. The number of likely N-dealkylation sites (tertiary alicyclic amines) is 1. The molecule has 0 radical (unpaired) electrons. The van der Waals surface area contributed by atoms with Crippen molar-refractivity contribution >= 4 is 12.0 Å². The molecule has 0 unspecified atom stereocenters. The van der Waals surface area contributed by atoms with Crippen molar-refractivity contribution in [1.29, 1.82) is 0 Å². The first kappa shape index (κ1) is 17.0. The molecule has 0 aliphatic carbocycles. The zero-order valence-electron chi connectivity index (χ0n) is 14.1. The van der Waals surface area contributed by atoms with E-state index < -0.39 is 12.2 Å². The van der Waals surface area contributed by atoms with E-state index in [0.717, 1.165) is 31.5 Å². The molecule has 1 atom stereocenters. The van der Waals surface area contributed by atoms with Gasteiger partial charge in [-0.1, -0.05) is 60.7 Å². The van der Waals surface area contributed by atoms with Crippen molar-refractivity contribution in [2.24, 2.45) is 0 Å². The smallest absolute Gasteiger partial charge is 0.408 e. The van der Waals surface area contributed by atoms with Crippen LogP contribution in [0.3, 0.4) is 0 Å². The maximum absolute atomic E-state index is 12.8. The van der Waals surface area contributed by atoms with Gasteiger partial charge in [0.15, 0.2) is 0 Å². The van der Waals surface area contributed by atoms with Crippen LogP contribution in [0.2, 0.25) is 0 Å². The Kier molecular flexibility index (Phi) is 5.67. The van der Waals surface area contributed by atoms with Crippen LogP contribution in [0, 0.1) is 0 Å². The number of nitrogens with zero attached hydrogens (tertiary/aromatic N) is 1. The van der Waals surface area contributed by atoms with Gasteiger partial charge in [-0.25, -0.2) is 4.79 Å². The summed E-state index contributed by atoms with van der Waals surface area (Å²) in [6.45, 7) is 1.80. The van der Waals surface area contributed by atoms with Gasteiger partial charge in [0.05, 0.1) is 0 Å². The largest absolute Gasteiger partial charge is 0.431 e. The molecule has 130 valence electrons. The number of ether oxygens (including phenoxy) is 1. The van der Waals surface area contributed by atoms with Crippen molar-refractivity contribution in [3.63, 3.8) is 0 Å². The number of carbonyl (C=O) groups is 2. The van der Waals surface area contributed by atoms with Gasteiger partial charge in [-0.15, -0.1) is 0 Å². The molecule has 1 heterocycles. The molecule has 0 saturated carbocycles. The summed E-state index contributed by atoms with van der Waals surface area (Å²) in [5, 5.41) is 2.71. The van der Waals surface area contributed by atoms with Gasteiger partial charge in [-0.05, 0) is 18.4 Å². The Morgan fingerprint density at radius 2 is 1.56 bits per heavy atom. The lowest BCUT2D eigenvalue weighted by Crippen LogP contribution is -2.36. The molecule has 2 aromatic carbocycles. The molecule has 1 saturated heterocycles. The Morgan fingerprint density at radius 1 is 0.960 bits per heavy atom. The highest BCUT2D eigenvalue weighted by Gasteiger charge is 2.30. The number of rotatable bonds is 5. The highest BCUT2D eigenvalue weighted by molar-refractivity contribution is 5.85. The molecule has 5 nitrogen and oxygen atoms in total. The van der Waals surface area contributed by atoms with Crippen LogP contribution in [0.1, 0.15) is 30.1 Å². The van der Waals surface area contributed by atoms with Crippen LogP contribution in [0.5, 0.6) is 0 Å². The average Bonchev–Trinajstić information content (AvgIpc) is 3.20. The molecule has 1 fully saturated rings. The van der Waals surface area contributed by atoms with Gasteiger partial charge in [-0.3, -0.25) is 4.79 Å². The number of hydrogen-bond acceptors (Lipinski definition) is 3. The van der Waals surface area contributed by atoms with Gasteiger partial charge in [0.2, 0.25) is 6.10 Å². The third kappa shape index (κ3) is 4.59. The van der Waals surface area contributed by atoms with Gasteiger partial charge >= 0.3 is 6.09 Å². The van der Waals surface area contributed by atoms with E-state index in [0.29, 0.717) is 12.1 Å². The SMILES string of the molecule is O=C(NCc1ccccc1)O[C@H](C(=O)N1CCCC1)c1ccccc1. The van der Waals surface area contributed by atoms with Crippen LogP contribution in [0.15, 0.2) is 60.7 Å². The van der Waals surface area contributed by atoms with Crippen LogP contribution in [-0.2, 0) is 16.1 Å². The molecule has 0 bridgehead atoms. The normalized spacial score (nSPS) is 14.8. The predicted molar refractivity (Wildman–Crippen MR) is 94.8 cm³/mol. The minimum Gasteiger partial charge on any atom is -0.431 e. The van der Waals surface area contributed by atoms with Crippen molar-refractivity contribution in [3.8, 4) is 0 Å². The predicted octanol–water partition coefficient (Wildman–Crippen LogP) is 3.28. The van der Waals surface area contributed by atoms with E-state index in [-0.39, 0.29) is 5.91 Å². The van der Waals surface area contributed by atoms with Gasteiger partial charge < -0.3 is 15.0 Å². The highest BCUT2D eigenvalue weighted by atomic mass is 16.6. The molecule has 0 aromatic heterocycles. The Balaban J connectivity index is 1.66. The average molecular weight is 338 g/mol. The summed E-state index contributed by atoms with van der Waals surface area (Å²) in [4.78, 5) is 26.8. The summed E-state index contributed by atoms with van der Waals surface area (Å²) in [5.74, 6) is -0.154. The zero-order valence-corrected chi connectivity index (χ0v) is 14.1. The summed E-state index contributed by atoms with van der Waals surface area (Å²) < 4.78 is 5.49. The van der Waals surface area contributed by atoms with E-state index in [4.69, 9.17) is 4.74 Å². The van der Waals surface area contributed by atoms with Crippen LogP contribution in [0.25, 0.3) is 0 Å². The topological polar surface area (TPSA) is 58.6 Å². The third-order valence-corrected chi connectivity index (χ3v) is 4.25. The van der Waals surface area contributed by atoms with E-state index in [1.54, 1.807) is 4.90 Å². The molecule has 25 heavy (non-hydrogen) atoms. The first-order chi connectivity index (χ1) is 12.2. The van der Waals surface area contributed by atoms with Crippen molar-refractivity contribution in [3.05, 3.63) is 71.8 Å². The van der Waals surface area contributed by atoms with Gasteiger partial charge in [-0.2, -0.15) is 0 Å². The van der Waals surface area contributed by atoms with E-state index in [9.17, 15) is 9.59 Å². The van der Waals surface area contributed by atoms with Crippen LogP contribution in [0.4, 0.5) is 4.79 Å². The van der Waals surface area contributed by atoms with E-state index in [1.165, 1.54) is 0 Å². The van der Waals surface area contributed by atoms with Crippen molar-refractivity contribution < 1.29 is 14.3 Å². The number of hydrogen-bond donors (Lipinski definition) is 1. The molecular weight excluding hydrogens is 316 g/mol.